The highest BCUT2D eigenvalue weighted by atomic mass is 35.5. The van der Waals surface area contributed by atoms with Gasteiger partial charge >= 0.3 is 0 Å². The molecule has 3 aromatic rings. The van der Waals surface area contributed by atoms with E-state index >= 15 is 0 Å². The van der Waals surface area contributed by atoms with Crippen LogP contribution in [0.1, 0.15) is 5.82 Å². The highest BCUT2D eigenvalue weighted by molar-refractivity contribution is 6.29. The van der Waals surface area contributed by atoms with Gasteiger partial charge in [-0.1, -0.05) is 11.6 Å². The first kappa shape index (κ1) is 11.8. The van der Waals surface area contributed by atoms with Gasteiger partial charge in [0.05, 0.1) is 0 Å². The molecule has 3 aromatic heterocycles. The van der Waals surface area contributed by atoms with E-state index in [2.05, 4.69) is 30.5 Å². The summed E-state index contributed by atoms with van der Waals surface area (Å²) in [6.07, 6.45) is 3.81. The molecular weight excluding hydrogens is 268 g/mol. The predicted octanol–water partition coefficient (Wildman–Crippen LogP) is 0.561. The Balaban J connectivity index is 1.73. The number of rotatable bonds is 4. The first-order valence-corrected chi connectivity index (χ1v) is 6.05. The molecule has 0 saturated heterocycles. The third kappa shape index (κ3) is 2.48. The van der Waals surface area contributed by atoms with Gasteiger partial charge in [-0.3, -0.25) is 4.68 Å². The Morgan fingerprint density at radius 1 is 1.37 bits per heavy atom. The lowest BCUT2D eigenvalue weighted by atomic mass is 10.4. The number of aromatic nitrogens is 7. The van der Waals surface area contributed by atoms with Crippen molar-refractivity contribution in [3.8, 4) is 0 Å². The summed E-state index contributed by atoms with van der Waals surface area (Å²) in [7, 11) is 1.84. The summed E-state index contributed by atoms with van der Waals surface area (Å²) in [6, 6.07) is 1.70. The van der Waals surface area contributed by atoms with Crippen LogP contribution in [0, 0.1) is 0 Å². The molecule has 0 atom stereocenters. The molecule has 0 aliphatic rings. The number of hydrogen-bond acceptors (Lipinski definition) is 6. The monoisotopic (exact) mass is 278 g/mol. The van der Waals surface area contributed by atoms with Crippen LogP contribution in [0.25, 0.3) is 5.78 Å². The van der Waals surface area contributed by atoms with Gasteiger partial charge in [0.2, 0.25) is 0 Å². The first-order chi connectivity index (χ1) is 9.22. The molecule has 0 radical (unpaired) electrons. The second kappa shape index (κ2) is 4.81. The normalized spacial score (nSPS) is 11.1. The van der Waals surface area contributed by atoms with Crippen LogP contribution >= 0.6 is 11.6 Å². The van der Waals surface area contributed by atoms with Gasteiger partial charge in [-0.15, -0.1) is 0 Å². The van der Waals surface area contributed by atoms with Crippen molar-refractivity contribution in [1.82, 2.24) is 34.3 Å². The maximum atomic E-state index is 5.92. The standard InChI is InChI=1S/C10H11ClN8/c1-18-6-14-8(17-18)2-3-12-9-4-7(11)16-10-13-5-15-19(9)10/h4-6,12H,2-3H2,1H3. The Kier molecular flexibility index (Phi) is 3.00. The van der Waals surface area contributed by atoms with Gasteiger partial charge in [0.25, 0.3) is 5.78 Å². The van der Waals surface area contributed by atoms with Gasteiger partial charge < -0.3 is 5.32 Å². The third-order valence-corrected chi connectivity index (χ3v) is 2.72. The maximum absolute atomic E-state index is 5.92. The predicted molar refractivity (Wildman–Crippen MR) is 69.0 cm³/mol. The molecule has 0 aromatic carbocycles. The van der Waals surface area contributed by atoms with E-state index in [0.717, 1.165) is 11.6 Å². The minimum Gasteiger partial charge on any atom is -0.369 e. The number of aryl methyl sites for hydroxylation is 1. The molecule has 98 valence electrons. The maximum Gasteiger partial charge on any atom is 0.255 e. The molecule has 0 amide bonds. The molecule has 9 heteroatoms. The van der Waals surface area contributed by atoms with Gasteiger partial charge in [0.1, 0.15) is 23.6 Å². The molecule has 1 N–H and O–H groups in total. The van der Waals surface area contributed by atoms with Crippen LogP contribution in [0.5, 0.6) is 0 Å². The van der Waals surface area contributed by atoms with Gasteiger partial charge in [-0.05, 0) is 0 Å². The highest BCUT2D eigenvalue weighted by Gasteiger charge is 2.06. The van der Waals surface area contributed by atoms with E-state index in [1.165, 1.54) is 6.33 Å². The van der Waals surface area contributed by atoms with Gasteiger partial charge in [0.15, 0.2) is 5.82 Å². The fourth-order valence-electron chi connectivity index (χ4n) is 1.71. The van der Waals surface area contributed by atoms with Gasteiger partial charge in [0, 0.05) is 26.1 Å². The van der Waals surface area contributed by atoms with E-state index in [1.807, 2.05) is 7.05 Å². The van der Waals surface area contributed by atoms with Crippen molar-refractivity contribution < 1.29 is 0 Å². The topological polar surface area (TPSA) is 85.8 Å². The van der Waals surface area contributed by atoms with E-state index in [1.54, 1.807) is 21.6 Å². The van der Waals surface area contributed by atoms with Crippen molar-refractivity contribution in [2.45, 2.75) is 6.42 Å². The number of fused-ring (bicyclic) bond motifs is 1. The minimum atomic E-state index is 0.374. The van der Waals surface area contributed by atoms with E-state index < -0.39 is 0 Å². The quantitative estimate of drug-likeness (QED) is 0.702. The van der Waals surface area contributed by atoms with Crippen LogP contribution in [0.2, 0.25) is 5.15 Å². The minimum absolute atomic E-state index is 0.374. The Morgan fingerprint density at radius 2 is 2.26 bits per heavy atom. The molecule has 19 heavy (non-hydrogen) atoms. The van der Waals surface area contributed by atoms with Crippen molar-refractivity contribution in [3.63, 3.8) is 0 Å². The lowest BCUT2D eigenvalue weighted by Crippen LogP contribution is -2.10. The fourth-order valence-corrected chi connectivity index (χ4v) is 1.89. The Morgan fingerprint density at radius 3 is 3.05 bits per heavy atom. The SMILES string of the molecule is Cn1cnc(CCNc2cc(Cl)nc3ncnn23)n1. The van der Waals surface area contributed by atoms with Crippen molar-refractivity contribution in [1.29, 1.82) is 0 Å². The fraction of sp³-hybridized carbons (Fsp3) is 0.300. The lowest BCUT2D eigenvalue weighted by Gasteiger charge is -2.06. The summed E-state index contributed by atoms with van der Waals surface area (Å²) >= 11 is 5.92. The molecule has 8 nitrogen and oxygen atoms in total. The molecule has 0 bridgehead atoms. The van der Waals surface area contributed by atoms with Gasteiger partial charge in [-0.25, -0.2) is 4.98 Å². The van der Waals surface area contributed by atoms with Crippen LogP contribution in [-0.4, -0.2) is 40.9 Å². The second-order valence-electron chi connectivity index (χ2n) is 3.95. The smallest absolute Gasteiger partial charge is 0.255 e. The summed E-state index contributed by atoms with van der Waals surface area (Å²) < 4.78 is 3.27. The first-order valence-electron chi connectivity index (χ1n) is 5.67. The zero-order chi connectivity index (χ0) is 13.2. The molecule has 3 heterocycles. The van der Waals surface area contributed by atoms with Crippen LogP contribution in [0.15, 0.2) is 18.7 Å². The molecule has 0 saturated carbocycles. The van der Waals surface area contributed by atoms with Crippen molar-refractivity contribution in [2.75, 3.05) is 11.9 Å². The second-order valence-corrected chi connectivity index (χ2v) is 4.33. The van der Waals surface area contributed by atoms with Crippen LogP contribution in [0.3, 0.4) is 0 Å². The summed E-state index contributed by atoms with van der Waals surface area (Å²) in [5, 5.41) is 11.9. The molecule has 0 fully saturated rings. The number of nitrogens with zero attached hydrogens (tertiary/aromatic N) is 7. The Labute approximate surface area is 113 Å². The summed E-state index contributed by atoms with van der Waals surface area (Å²) in [5.41, 5.74) is 0. The van der Waals surface area contributed by atoms with E-state index in [-0.39, 0.29) is 0 Å². The average molecular weight is 279 g/mol. The molecule has 3 rings (SSSR count). The molecule has 0 aliphatic heterocycles. The number of hydrogen-bond donors (Lipinski definition) is 1. The summed E-state index contributed by atoms with van der Waals surface area (Å²) in [5.74, 6) is 1.99. The molecule has 0 aliphatic carbocycles. The molecular formula is C10H11ClN8. The summed E-state index contributed by atoms with van der Waals surface area (Å²) in [4.78, 5) is 12.2. The van der Waals surface area contributed by atoms with E-state index in [0.29, 0.717) is 23.9 Å². The largest absolute Gasteiger partial charge is 0.369 e. The third-order valence-electron chi connectivity index (χ3n) is 2.52. The van der Waals surface area contributed by atoms with Crippen molar-refractivity contribution in [3.05, 3.63) is 29.7 Å². The molecule has 0 spiro atoms. The number of halogens is 1. The van der Waals surface area contributed by atoms with Crippen molar-refractivity contribution >= 4 is 23.2 Å². The van der Waals surface area contributed by atoms with E-state index in [4.69, 9.17) is 11.6 Å². The molecule has 0 unspecified atom stereocenters. The Bertz CT molecular complexity index is 702. The zero-order valence-electron chi connectivity index (χ0n) is 10.2. The lowest BCUT2D eigenvalue weighted by molar-refractivity contribution is 0.741. The van der Waals surface area contributed by atoms with E-state index in [9.17, 15) is 0 Å². The van der Waals surface area contributed by atoms with Crippen LogP contribution in [0.4, 0.5) is 5.82 Å². The highest BCUT2D eigenvalue weighted by Crippen LogP contribution is 2.14. The van der Waals surface area contributed by atoms with Gasteiger partial charge in [-0.2, -0.15) is 24.7 Å². The zero-order valence-corrected chi connectivity index (χ0v) is 10.9. The number of anilines is 1. The average Bonchev–Trinajstić information content (AvgIpc) is 2.98. The van der Waals surface area contributed by atoms with Crippen LogP contribution < -0.4 is 5.32 Å². The van der Waals surface area contributed by atoms with Crippen molar-refractivity contribution in [2.24, 2.45) is 7.05 Å². The number of nitrogens with one attached hydrogen (secondary N) is 1. The van der Waals surface area contributed by atoms with Crippen LogP contribution in [-0.2, 0) is 13.5 Å². The summed E-state index contributed by atoms with van der Waals surface area (Å²) in [6.45, 7) is 0.666. The Hall–Kier alpha value is -2.22.